The molecular formula is C11H10ClFO3. The summed E-state index contributed by atoms with van der Waals surface area (Å²) in [7, 11) is 1.37. The molecular weight excluding hydrogens is 235 g/mol. The van der Waals surface area contributed by atoms with Gasteiger partial charge in [-0.25, -0.2) is 4.39 Å². The summed E-state index contributed by atoms with van der Waals surface area (Å²) < 4.78 is 18.3. The van der Waals surface area contributed by atoms with Gasteiger partial charge in [0.05, 0.1) is 12.5 Å². The van der Waals surface area contributed by atoms with E-state index in [4.69, 9.17) is 21.4 Å². The zero-order valence-electron chi connectivity index (χ0n) is 8.59. The molecule has 3 nitrogen and oxygen atoms in total. The van der Waals surface area contributed by atoms with Crippen LogP contribution in [0.25, 0.3) is 0 Å². The molecule has 1 saturated carbocycles. The highest BCUT2D eigenvalue weighted by Gasteiger charge is 2.52. The molecule has 2 rings (SSSR count). The minimum atomic E-state index is -0.946. The van der Waals surface area contributed by atoms with Crippen LogP contribution in [-0.4, -0.2) is 18.2 Å². The first kappa shape index (κ1) is 11.2. The second-order valence-corrected chi connectivity index (χ2v) is 4.24. The van der Waals surface area contributed by atoms with Gasteiger partial charge in [-0.1, -0.05) is 11.6 Å². The average Bonchev–Trinajstić information content (AvgIpc) is 3.02. The molecule has 0 amide bonds. The predicted molar refractivity (Wildman–Crippen MR) is 56.5 cm³/mol. The lowest BCUT2D eigenvalue weighted by molar-refractivity contribution is -0.140. The molecule has 5 heteroatoms. The van der Waals surface area contributed by atoms with Gasteiger partial charge in [-0.05, 0) is 30.5 Å². The van der Waals surface area contributed by atoms with Crippen LogP contribution >= 0.6 is 11.6 Å². The van der Waals surface area contributed by atoms with E-state index in [1.807, 2.05) is 0 Å². The van der Waals surface area contributed by atoms with Gasteiger partial charge in [-0.2, -0.15) is 0 Å². The first-order valence-electron chi connectivity index (χ1n) is 4.78. The van der Waals surface area contributed by atoms with Crippen LogP contribution in [0.1, 0.15) is 18.4 Å². The van der Waals surface area contributed by atoms with Crippen molar-refractivity contribution in [1.29, 1.82) is 0 Å². The normalized spacial score (nSPS) is 16.9. The number of hydrogen-bond donors (Lipinski definition) is 1. The number of ether oxygens (including phenoxy) is 1. The summed E-state index contributed by atoms with van der Waals surface area (Å²) in [5.41, 5.74) is -0.530. The summed E-state index contributed by atoms with van der Waals surface area (Å²) >= 11 is 5.67. The van der Waals surface area contributed by atoms with E-state index in [0.717, 1.165) is 0 Å². The Kier molecular flexibility index (Phi) is 2.54. The van der Waals surface area contributed by atoms with Crippen molar-refractivity contribution < 1.29 is 19.0 Å². The van der Waals surface area contributed by atoms with Crippen molar-refractivity contribution in [1.82, 2.24) is 0 Å². The van der Waals surface area contributed by atoms with Crippen molar-refractivity contribution in [2.75, 3.05) is 7.11 Å². The number of benzene rings is 1. The lowest BCUT2D eigenvalue weighted by atomic mass is 9.96. The summed E-state index contributed by atoms with van der Waals surface area (Å²) in [5.74, 6) is -1.41. The van der Waals surface area contributed by atoms with Crippen molar-refractivity contribution in [3.05, 3.63) is 28.5 Å². The molecule has 0 aromatic heterocycles. The molecule has 1 N–H and O–H groups in total. The number of hydrogen-bond acceptors (Lipinski definition) is 2. The zero-order valence-corrected chi connectivity index (χ0v) is 9.34. The first-order chi connectivity index (χ1) is 7.51. The Bertz CT molecular complexity index is 455. The van der Waals surface area contributed by atoms with Crippen LogP contribution in [-0.2, 0) is 10.2 Å². The molecule has 0 heterocycles. The molecule has 86 valence electrons. The number of carboxylic acid groups (broad SMARTS) is 1. The van der Waals surface area contributed by atoms with Crippen LogP contribution in [0.4, 0.5) is 4.39 Å². The van der Waals surface area contributed by atoms with Gasteiger partial charge < -0.3 is 9.84 Å². The largest absolute Gasteiger partial charge is 0.495 e. The fraction of sp³-hybridized carbons (Fsp3) is 0.364. The predicted octanol–water partition coefficient (Wildman–Crippen LogP) is 2.60. The highest BCUT2D eigenvalue weighted by Crippen LogP contribution is 2.50. The quantitative estimate of drug-likeness (QED) is 0.889. The summed E-state index contributed by atoms with van der Waals surface area (Å²) in [6, 6.07) is 2.67. The summed E-state index contributed by atoms with van der Waals surface area (Å²) in [6.45, 7) is 0. The van der Waals surface area contributed by atoms with Crippen LogP contribution in [0.15, 0.2) is 12.1 Å². The van der Waals surface area contributed by atoms with Crippen molar-refractivity contribution in [3.8, 4) is 5.75 Å². The maximum absolute atomic E-state index is 13.4. The standard InChI is InChI=1S/C11H10ClFO3/c1-16-8-5-6(4-7(13)9(8)12)11(2-3-11)10(14)15/h4-5H,2-3H2,1H3,(H,14,15). The monoisotopic (exact) mass is 244 g/mol. The Hall–Kier alpha value is -1.29. The summed E-state index contributed by atoms with van der Waals surface area (Å²) in [5, 5.41) is 8.97. The molecule has 1 aromatic carbocycles. The second-order valence-electron chi connectivity index (χ2n) is 3.86. The smallest absolute Gasteiger partial charge is 0.314 e. The van der Waals surface area contributed by atoms with Crippen molar-refractivity contribution in [3.63, 3.8) is 0 Å². The molecule has 0 saturated heterocycles. The Labute approximate surface area is 96.8 Å². The molecule has 0 atom stereocenters. The molecule has 0 unspecified atom stereocenters. The first-order valence-corrected chi connectivity index (χ1v) is 5.16. The topological polar surface area (TPSA) is 46.5 Å². The third kappa shape index (κ3) is 1.53. The van der Waals surface area contributed by atoms with Crippen LogP contribution in [0.3, 0.4) is 0 Å². The van der Waals surface area contributed by atoms with Crippen molar-refractivity contribution >= 4 is 17.6 Å². The molecule has 0 spiro atoms. The number of methoxy groups -OCH3 is 1. The number of carboxylic acids is 1. The van der Waals surface area contributed by atoms with Crippen LogP contribution < -0.4 is 4.74 Å². The number of carbonyl (C=O) groups is 1. The fourth-order valence-electron chi connectivity index (χ4n) is 1.74. The zero-order chi connectivity index (χ0) is 11.9. The van der Waals surface area contributed by atoms with E-state index >= 15 is 0 Å². The Balaban J connectivity index is 2.51. The van der Waals surface area contributed by atoms with Crippen LogP contribution in [0.5, 0.6) is 5.75 Å². The molecule has 0 radical (unpaired) electrons. The van der Waals surface area contributed by atoms with Gasteiger partial charge in [-0.15, -0.1) is 0 Å². The van der Waals surface area contributed by atoms with Gasteiger partial charge in [0.15, 0.2) is 0 Å². The molecule has 0 aliphatic heterocycles. The third-order valence-corrected chi connectivity index (χ3v) is 3.29. The van der Waals surface area contributed by atoms with Crippen molar-refractivity contribution in [2.45, 2.75) is 18.3 Å². The molecule has 0 bridgehead atoms. The van der Waals surface area contributed by atoms with E-state index < -0.39 is 17.2 Å². The van der Waals surface area contributed by atoms with Gasteiger partial charge in [0.1, 0.15) is 16.6 Å². The number of aliphatic carboxylic acids is 1. The van der Waals surface area contributed by atoms with Crippen molar-refractivity contribution in [2.24, 2.45) is 0 Å². The molecule has 16 heavy (non-hydrogen) atoms. The fourth-order valence-corrected chi connectivity index (χ4v) is 1.93. The number of halogens is 2. The van der Waals surface area contributed by atoms with E-state index in [9.17, 15) is 9.18 Å². The van der Waals surface area contributed by atoms with Gasteiger partial charge in [0.25, 0.3) is 0 Å². The summed E-state index contributed by atoms with van der Waals surface area (Å²) in [4.78, 5) is 11.1. The van der Waals surface area contributed by atoms with Crippen LogP contribution in [0.2, 0.25) is 5.02 Å². The maximum Gasteiger partial charge on any atom is 0.314 e. The van der Waals surface area contributed by atoms with Gasteiger partial charge >= 0.3 is 5.97 Å². The lowest BCUT2D eigenvalue weighted by Gasteiger charge is -2.13. The van der Waals surface area contributed by atoms with Gasteiger partial charge in [0, 0.05) is 0 Å². The highest BCUT2D eigenvalue weighted by molar-refractivity contribution is 6.32. The SMILES string of the molecule is COc1cc(C2(C(=O)O)CC2)cc(F)c1Cl. The minimum absolute atomic E-state index is 0.118. The molecule has 1 fully saturated rings. The average molecular weight is 245 g/mol. The third-order valence-electron chi connectivity index (χ3n) is 2.93. The Morgan fingerprint density at radius 1 is 1.56 bits per heavy atom. The molecule has 1 aromatic rings. The van der Waals surface area contributed by atoms with E-state index in [0.29, 0.717) is 18.4 Å². The van der Waals surface area contributed by atoms with E-state index in [1.54, 1.807) is 0 Å². The number of rotatable bonds is 3. The Morgan fingerprint density at radius 3 is 2.62 bits per heavy atom. The van der Waals surface area contributed by atoms with E-state index in [-0.39, 0.29) is 10.8 Å². The van der Waals surface area contributed by atoms with Gasteiger partial charge in [-0.3, -0.25) is 4.79 Å². The lowest BCUT2D eigenvalue weighted by Crippen LogP contribution is -2.19. The Morgan fingerprint density at radius 2 is 2.19 bits per heavy atom. The second kappa shape index (κ2) is 3.63. The van der Waals surface area contributed by atoms with Gasteiger partial charge in [0.2, 0.25) is 0 Å². The molecule has 1 aliphatic carbocycles. The van der Waals surface area contributed by atoms with E-state index in [2.05, 4.69) is 0 Å². The maximum atomic E-state index is 13.4. The highest BCUT2D eigenvalue weighted by atomic mass is 35.5. The summed E-state index contributed by atoms with van der Waals surface area (Å²) in [6.07, 6.45) is 1.04. The van der Waals surface area contributed by atoms with E-state index in [1.165, 1.54) is 19.2 Å². The van der Waals surface area contributed by atoms with Crippen LogP contribution in [0, 0.1) is 5.82 Å². The minimum Gasteiger partial charge on any atom is -0.495 e. The molecule has 1 aliphatic rings.